The quantitative estimate of drug-likeness (QED) is 0.699. The molecule has 0 spiro atoms. The van der Waals surface area contributed by atoms with Gasteiger partial charge in [0.05, 0.1) is 12.2 Å². The van der Waals surface area contributed by atoms with Crippen molar-refractivity contribution in [3.63, 3.8) is 0 Å². The lowest BCUT2D eigenvalue weighted by molar-refractivity contribution is 0.0924. The number of nitrogen functional groups attached to an aromatic ring is 1. The number of nitrogens with two attached hydrogens (primary N) is 1. The second-order valence-corrected chi connectivity index (χ2v) is 5.73. The Morgan fingerprint density at radius 2 is 2.08 bits per heavy atom. The van der Waals surface area contributed by atoms with E-state index < -0.39 is 0 Å². The second kappa shape index (κ2) is 5.45. The summed E-state index contributed by atoms with van der Waals surface area (Å²) in [6, 6.07) is 9.20. The van der Waals surface area contributed by atoms with Crippen LogP contribution in [0.5, 0.6) is 0 Å². The molecule has 0 radical (unpaired) electrons. The molecule has 4 rings (SSSR count). The van der Waals surface area contributed by atoms with Gasteiger partial charge in [-0.15, -0.1) is 0 Å². The van der Waals surface area contributed by atoms with E-state index in [0.717, 1.165) is 11.1 Å². The van der Waals surface area contributed by atoms with Crippen LogP contribution in [-0.4, -0.2) is 32.2 Å². The molecule has 1 aliphatic heterocycles. The number of carbonyl (C=O) groups excluding carboxylic acids is 1. The average Bonchev–Trinajstić information content (AvgIpc) is 3.03. The van der Waals surface area contributed by atoms with Crippen molar-refractivity contribution in [2.24, 2.45) is 0 Å². The molecule has 1 amide bonds. The van der Waals surface area contributed by atoms with Gasteiger partial charge in [0.2, 0.25) is 0 Å². The van der Waals surface area contributed by atoms with E-state index in [1.165, 1.54) is 0 Å². The number of carbonyl (C=O) groups is 1. The van der Waals surface area contributed by atoms with Crippen molar-refractivity contribution in [2.45, 2.75) is 13.5 Å². The van der Waals surface area contributed by atoms with Crippen molar-refractivity contribution in [1.82, 2.24) is 25.1 Å². The van der Waals surface area contributed by atoms with E-state index in [4.69, 9.17) is 5.73 Å². The molecule has 0 saturated heterocycles. The zero-order valence-electron chi connectivity index (χ0n) is 13.2. The average molecular weight is 320 g/mol. The first kappa shape index (κ1) is 14.4. The molecule has 0 atom stereocenters. The molecule has 120 valence electrons. The Morgan fingerprint density at radius 1 is 1.21 bits per heavy atom. The summed E-state index contributed by atoms with van der Waals surface area (Å²) in [6.45, 7) is 3.24. The van der Waals surface area contributed by atoms with Gasteiger partial charge >= 0.3 is 0 Å². The maximum atomic E-state index is 11.9. The molecule has 3 N–H and O–H groups in total. The van der Waals surface area contributed by atoms with Crippen LogP contribution in [0.25, 0.3) is 22.8 Å². The molecule has 0 bridgehead atoms. The summed E-state index contributed by atoms with van der Waals surface area (Å²) in [6.07, 6.45) is 1.69. The highest BCUT2D eigenvalue weighted by atomic mass is 16.2. The lowest BCUT2D eigenvalue weighted by atomic mass is 10.1. The zero-order valence-corrected chi connectivity index (χ0v) is 13.2. The lowest BCUT2D eigenvalue weighted by Gasteiger charge is -2.13. The van der Waals surface area contributed by atoms with Crippen LogP contribution in [0.2, 0.25) is 0 Å². The number of fused-ring (bicyclic) bond motifs is 1. The zero-order chi connectivity index (χ0) is 16.7. The molecule has 0 aliphatic carbocycles. The largest absolute Gasteiger partial charge is 0.399 e. The first-order valence-electron chi connectivity index (χ1n) is 7.68. The van der Waals surface area contributed by atoms with E-state index in [2.05, 4.69) is 20.4 Å². The van der Waals surface area contributed by atoms with Gasteiger partial charge in [0.1, 0.15) is 11.4 Å². The third kappa shape index (κ3) is 2.40. The molecule has 0 unspecified atom stereocenters. The van der Waals surface area contributed by atoms with Gasteiger partial charge in [0.25, 0.3) is 5.91 Å². The van der Waals surface area contributed by atoms with Gasteiger partial charge in [-0.2, -0.15) is 5.10 Å². The van der Waals surface area contributed by atoms with E-state index in [9.17, 15) is 4.79 Å². The predicted octanol–water partition coefficient (Wildman–Crippen LogP) is 1.64. The van der Waals surface area contributed by atoms with Crippen molar-refractivity contribution in [3.05, 3.63) is 47.8 Å². The van der Waals surface area contributed by atoms with E-state index >= 15 is 0 Å². The molecule has 24 heavy (non-hydrogen) atoms. The van der Waals surface area contributed by atoms with Crippen molar-refractivity contribution in [3.8, 4) is 22.8 Å². The Morgan fingerprint density at radius 3 is 2.92 bits per heavy atom. The maximum Gasteiger partial charge on any atom is 0.269 e. The topological polar surface area (TPSA) is 98.7 Å². The molecule has 1 aliphatic rings. The Bertz CT molecular complexity index is 946. The Balaban J connectivity index is 1.78. The fourth-order valence-corrected chi connectivity index (χ4v) is 2.77. The summed E-state index contributed by atoms with van der Waals surface area (Å²) >= 11 is 0. The second-order valence-electron chi connectivity index (χ2n) is 5.73. The van der Waals surface area contributed by atoms with Crippen LogP contribution < -0.4 is 11.1 Å². The molecule has 3 aromatic rings. The highest BCUT2D eigenvalue weighted by Crippen LogP contribution is 2.25. The summed E-state index contributed by atoms with van der Waals surface area (Å²) in [7, 11) is 0. The number of nitrogens with one attached hydrogen (secondary N) is 1. The minimum absolute atomic E-state index is 0.110. The minimum Gasteiger partial charge on any atom is -0.399 e. The van der Waals surface area contributed by atoms with Gasteiger partial charge in [0.15, 0.2) is 5.82 Å². The number of anilines is 1. The van der Waals surface area contributed by atoms with Gasteiger partial charge in [-0.25, -0.2) is 9.97 Å². The van der Waals surface area contributed by atoms with Crippen molar-refractivity contribution in [1.29, 1.82) is 0 Å². The fourth-order valence-electron chi connectivity index (χ4n) is 2.77. The number of amides is 1. The summed E-state index contributed by atoms with van der Waals surface area (Å²) in [5.41, 5.74) is 10.4. The lowest BCUT2D eigenvalue weighted by Crippen LogP contribution is -2.35. The van der Waals surface area contributed by atoms with E-state index in [1.54, 1.807) is 23.0 Å². The first-order chi connectivity index (χ1) is 11.6. The summed E-state index contributed by atoms with van der Waals surface area (Å²) in [5.74, 6) is 0.480. The molecular weight excluding hydrogens is 304 g/mol. The molecular formula is C17H16N6O. The van der Waals surface area contributed by atoms with Crippen LogP contribution in [-0.2, 0) is 6.54 Å². The number of hydrogen-bond donors (Lipinski definition) is 2. The van der Waals surface area contributed by atoms with Crippen molar-refractivity contribution < 1.29 is 4.79 Å². The van der Waals surface area contributed by atoms with Crippen molar-refractivity contribution >= 4 is 11.6 Å². The molecule has 0 saturated carbocycles. The van der Waals surface area contributed by atoms with Crippen LogP contribution in [0, 0.1) is 6.92 Å². The highest BCUT2D eigenvalue weighted by Gasteiger charge is 2.20. The number of nitrogens with zero attached hydrogens (tertiary/aromatic N) is 4. The predicted molar refractivity (Wildman–Crippen MR) is 90.2 cm³/mol. The van der Waals surface area contributed by atoms with E-state index in [-0.39, 0.29) is 5.91 Å². The maximum absolute atomic E-state index is 11.9. The molecule has 0 fully saturated rings. The molecule has 3 heterocycles. The van der Waals surface area contributed by atoms with Gasteiger partial charge in [-0.1, -0.05) is 6.07 Å². The normalized spacial score (nSPS) is 13.5. The van der Waals surface area contributed by atoms with Crippen LogP contribution in [0.4, 0.5) is 5.69 Å². The van der Waals surface area contributed by atoms with Crippen LogP contribution in [0.15, 0.2) is 36.5 Å². The van der Waals surface area contributed by atoms with Gasteiger partial charge < -0.3 is 11.1 Å². The van der Waals surface area contributed by atoms with Gasteiger partial charge in [0, 0.05) is 24.0 Å². The number of aromatic nitrogens is 4. The standard InChI is InChI=1S/C17H16N6O/c1-10-2-3-11(18)8-12(10)16-19-5-4-13(21-16)14-9-15-17(24)20-6-7-23(15)22-14/h2-5,8-9H,6-7,18H2,1H3,(H,20,24). The Labute approximate surface area is 138 Å². The minimum atomic E-state index is -0.110. The monoisotopic (exact) mass is 320 g/mol. The number of aryl methyl sites for hydroxylation is 1. The van der Waals surface area contributed by atoms with Crippen molar-refractivity contribution in [2.75, 3.05) is 12.3 Å². The smallest absolute Gasteiger partial charge is 0.269 e. The summed E-state index contributed by atoms with van der Waals surface area (Å²) < 4.78 is 1.71. The molecule has 1 aromatic carbocycles. The van der Waals surface area contributed by atoms with Crippen LogP contribution in [0.3, 0.4) is 0 Å². The fraction of sp³-hybridized carbons (Fsp3) is 0.176. The first-order valence-corrected chi connectivity index (χ1v) is 7.68. The SMILES string of the molecule is Cc1ccc(N)cc1-c1nccc(-c2cc3n(n2)CCNC3=O)n1. The Kier molecular flexibility index (Phi) is 3.26. The number of hydrogen-bond acceptors (Lipinski definition) is 5. The third-order valence-electron chi connectivity index (χ3n) is 4.04. The van der Waals surface area contributed by atoms with Gasteiger partial charge in [-0.3, -0.25) is 9.48 Å². The third-order valence-corrected chi connectivity index (χ3v) is 4.04. The number of rotatable bonds is 2. The van der Waals surface area contributed by atoms with Crippen LogP contribution in [0.1, 0.15) is 16.1 Å². The van der Waals surface area contributed by atoms with Gasteiger partial charge in [-0.05, 0) is 36.8 Å². The summed E-state index contributed by atoms with van der Waals surface area (Å²) in [5, 5.41) is 7.29. The molecule has 2 aromatic heterocycles. The van der Waals surface area contributed by atoms with E-state index in [0.29, 0.717) is 41.7 Å². The Hall–Kier alpha value is -3.22. The van der Waals surface area contributed by atoms with E-state index in [1.807, 2.05) is 25.1 Å². The highest BCUT2D eigenvalue weighted by molar-refractivity contribution is 5.94. The molecule has 7 nitrogen and oxygen atoms in total. The summed E-state index contributed by atoms with van der Waals surface area (Å²) in [4.78, 5) is 20.8. The number of benzene rings is 1. The van der Waals surface area contributed by atoms with Crippen LogP contribution >= 0.6 is 0 Å². The molecule has 7 heteroatoms.